The van der Waals surface area contributed by atoms with Gasteiger partial charge in [-0.3, -0.25) is 9.59 Å². The van der Waals surface area contributed by atoms with Gasteiger partial charge in [-0.05, 0) is 73.6 Å². The largest absolute Gasteiger partial charge is 0.391 e. The van der Waals surface area contributed by atoms with Crippen molar-refractivity contribution in [1.29, 1.82) is 0 Å². The van der Waals surface area contributed by atoms with E-state index in [1.165, 1.54) is 22.6 Å². The van der Waals surface area contributed by atoms with Crippen molar-refractivity contribution >= 4 is 11.8 Å². The number of aryl methyl sites for hydroxylation is 2. The summed E-state index contributed by atoms with van der Waals surface area (Å²) in [6.45, 7) is 5.12. The number of nitrogens with zero attached hydrogens (tertiary/aromatic N) is 1. The number of piperidine rings is 1. The maximum Gasteiger partial charge on any atom is 0.254 e. The minimum Gasteiger partial charge on any atom is -0.391 e. The molecule has 4 rings (SSSR count). The highest BCUT2D eigenvalue weighted by Gasteiger charge is 2.29. The van der Waals surface area contributed by atoms with Crippen LogP contribution in [0.5, 0.6) is 0 Å². The zero-order valence-corrected chi connectivity index (χ0v) is 24.1. The molecule has 7 nitrogen and oxygen atoms in total. The second-order valence-corrected chi connectivity index (χ2v) is 11.0. The number of aliphatic hydroxyl groups is 2. The van der Waals surface area contributed by atoms with Crippen LogP contribution in [0, 0.1) is 18.6 Å². The molecule has 0 radical (unpaired) electrons. The van der Waals surface area contributed by atoms with E-state index in [0.29, 0.717) is 25.9 Å². The van der Waals surface area contributed by atoms with Gasteiger partial charge in [0, 0.05) is 32.2 Å². The van der Waals surface area contributed by atoms with Gasteiger partial charge in [0.2, 0.25) is 0 Å². The Bertz CT molecular complexity index is 1380. The molecule has 1 heterocycles. The molecule has 1 saturated heterocycles. The number of rotatable bonds is 11. The molecule has 9 heteroatoms. The molecule has 42 heavy (non-hydrogen) atoms. The van der Waals surface area contributed by atoms with Gasteiger partial charge in [0.05, 0.1) is 29.4 Å². The van der Waals surface area contributed by atoms with E-state index in [1.807, 2.05) is 18.2 Å². The van der Waals surface area contributed by atoms with Crippen molar-refractivity contribution in [2.75, 3.05) is 19.6 Å². The third-order valence-corrected chi connectivity index (χ3v) is 7.57. The van der Waals surface area contributed by atoms with Crippen LogP contribution in [-0.4, -0.2) is 64.8 Å². The number of halogens is 2. The number of benzene rings is 3. The first kappa shape index (κ1) is 31.3. The van der Waals surface area contributed by atoms with E-state index in [1.54, 1.807) is 25.1 Å². The zero-order valence-electron chi connectivity index (χ0n) is 24.1. The third kappa shape index (κ3) is 8.44. The number of carbonyl (C=O) groups is 2. The van der Waals surface area contributed by atoms with Crippen LogP contribution in [0.4, 0.5) is 8.78 Å². The van der Waals surface area contributed by atoms with Gasteiger partial charge in [0.1, 0.15) is 11.6 Å². The number of aliphatic hydroxyl groups excluding tert-OH is 2. The molecule has 1 aliphatic heterocycles. The number of amides is 2. The van der Waals surface area contributed by atoms with Crippen molar-refractivity contribution in [1.82, 2.24) is 15.5 Å². The van der Waals surface area contributed by atoms with E-state index < -0.39 is 35.8 Å². The van der Waals surface area contributed by atoms with Gasteiger partial charge in [-0.1, -0.05) is 42.8 Å². The molecule has 4 N–H and O–H groups in total. The lowest BCUT2D eigenvalue weighted by Gasteiger charge is -2.31. The van der Waals surface area contributed by atoms with E-state index in [9.17, 15) is 28.6 Å². The average Bonchev–Trinajstić information content (AvgIpc) is 2.96. The van der Waals surface area contributed by atoms with Crippen LogP contribution >= 0.6 is 0 Å². The minimum absolute atomic E-state index is 0.0397. The normalized spacial score (nSPS) is 16.6. The smallest absolute Gasteiger partial charge is 0.254 e. The molecule has 1 aliphatic rings. The Morgan fingerprint density at radius 3 is 2.45 bits per heavy atom. The van der Waals surface area contributed by atoms with Crippen LogP contribution in [0.1, 0.15) is 62.7 Å². The van der Waals surface area contributed by atoms with E-state index >= 15 is 0 Å². The van der Waals surface area contributed by atoms with Crippen molar-refractivity contribution < 1.29 is 28.6 Å². The molecule has 0 aliphatic carbocycles. The predicted octanol–water partition coefficient (Wildman–Crippen LogP) is 3.92. The summed E-state index contributed by atoms with van der Waals surface area (Å²) in [6.07, 6.45) is 0.403. The maximum atomic E-state index is 14.0. The molecule has 0 bridgehead atoms. The van der Waals surface area contributed by atoms with Crippen molar-refractivity contribution in [3.63, 3.8) is 0 Å². The molecule has 3 atom stereocenters. The van der Waals surface area contributed by atoms with E-state index in [2.05, 4.69) is 23.6 Å². The topological polar surface area (TPSA) is 102 Å². The summed E-state index contributed by atoms with van der Waals surface area (Å²) < 4.78 is 28.0. The average molecular weight is 580 g/mol. The van der Waals surface area contributed by atoms with Crippen molar-refractivity contribution in [2.45, 2.75) is 64.3 Å². The molecule has 0 spiro atoms. The van der Waals surface area contributed by atoms with E-state index in [4.69, 9.17) is 0 Å². The van der Waals surface area contributed by atoms with Crippen LogP contribution in [-0.2, 0) is 19.4 Å². The van der Waals surface area contributed by atoms with Gasteiger partial charge in [-0.25, -0.2) is 8.78 Å². The Balaban J connectivity index is 1.54. The van der Waals surface area contributed by atoms with Crippen molar-refractivity contribution in [3.8, 4) is 0 Å². The number of carbonyl (C=O) groups excluding carboxylic acids is 2. The van der Waals surface area contributed by atoms with Crippen molar-refractivity contribution in [2.24, 2.45) is 0 Å². The second kappa shape index (κ2) is 14.5. The molecule has 1 fully saturated rings. The highest BCUT2D eigenvalue weighted by atomic mass is 19.1. The van der Waals surface area contributed by atoms with Gasteiger partial charge in [0.15, 0.2) is 0 Å². The van der Waals surface area contributed by atoms with Crippen LogP contribution < -0.4 is 10.6 Å². The molecule has 1 unspecified atom stereocenters. The van der Waals surface area contributed by atoms with Crippen LogP contribution in [0.3, 0.4) is 0 Å². The summed E-state index contributed by atoms with van der Waals surface area (Å²) in [4.78, 5) is 28.6. The fourth-order valence-electron chi connectivity index (χ4n) is 5.32. The second-order valence-electron chi connectivity index (χ2n) is 11.0. The number of nitrogens with one attached hydrogen (secondary N) is 2. The lowest BCUT2D eigenvalue weighted by molar-refractivity contribution is 0.0471. The fourth-order valence-corrected chi connectivity index (χ4v) is 5.32. The monoisotopic (exact) mass is 579 g/mol. The molecular weight excluding hydrogens is 540 g/mol. The zero-order chi connectivity index (χ0) is 30.2. The first-order chi connectivity index (χ1) is 20.1. The van der Waals surface area contributed by atoms with Gasteiger partial charge >= 0.3 is 0 Å². The van der Waals surface area contributed by atoms with Gasteiger partial charge in [0.25, 0.3) is 11.8 Å². The molecule has 0 saturated carbocycles. The summed E-state index contributed by atoms with van der Waals surface area (Å²) >= 11 is 0. The highest BCUT2D eigenvalue weighted by molar-refractivity contribution is 6.07. The van der Waals surface area contributed by atoms with Crippen LogP contribution in [0.15, 0.2) is 60.7 Å². The van der Waals surface area contributed by atoms with Crippen LogP contribution in [0.2, 0.25) is 0 Å². The van der Waals surface area contributed by atoms with Gasteiger partial charge in [-0.2, -0.15) is 0 Å². The molecule has 0 aromatic heterocycles. The summed E-state index contributed by atoms with van der Waals surface area (Å²) in [5.74, 6) is -2.46. The number of β-amino-alcohol motifs (C(OH)–C–C–N with tert-alkyl or cyclic N) is 1. The summed E-state index contributed by atoms with van der Waals surface area (Å²) in [7, 11) is 0. The third-order valence-electron chi connectivity index (χ3n) is 7.57. The first-order valence-electron chi connectivity index (χ1n) is 14.4. The summed E-state index contributed by atoms with van der Waals surface area (Å²) in [6, 6.07) is 15.2. The van der Waals surface area contributed by atoms with Gasteiger partial charge < -0.3 is 25.7 Å². The van der Waals surface area contributed by atoms with E-state index in [0.717, 1.165) is 23.6 Å². The number of hydrogen-bond donors (Lipinski definition) is 4. The standard InChI is InChI=1S/C33H39F2N3O4/c1-3-22-6-4-7-23(13-22)18-36-19-31(40)30(16-24-14-25(34)17-26(35)15-24)37-32(41)29-12-21(2)9-10-28(29)33(42)38-11-5-8-27(39)20-38/h4,6-7,9-10,12-15,17,27,30-31,36,39-40H,3,5,8,11,16,18-20H2,1-2H3,(H,37,41)/t27?,30-,31+/m0/s1. The Hall–Kier alpha value is -3.66. The SMILES string of the molecule is CCc1cccc(CNC[C@@H](O)[C@H](Cc2cc(F)cc(F)c2)NC(=O)c2cc(C)ccc2C(=O)N2CCCC(O)C2)c1. The summed E-state index contributed by atoms with van der Waals surface area (Å²) in [5.41, 5.74) is 3.58. The van der Waals surface area contributed by atoms with Gasteiger partial charge in [-0.15, -0.1) is 0 Å². The lowest BCUT2D eigenvalue weighted by Crippen LogP contribution is -2.49. The number of hydrogen-bond acceptors (Lipinski definition) is 5. The predicted molar refractivity (Wildman–Crippen MR) is 157 cm³/mol. The molecule has 3 aromatic rings. The quantitative estimate of drug-likeness (QED) is 0.276. The Morgan fingerprint density at radius 1 is 1.00 bits per heavy atom. The first-order valence-corrected chi connectivity index (χ1v) is 14.4. The Labute approximate surface area is 245 Å². The summed E-state index contributed by atoms with van der Waals surface area (Å²) in [5, 5.41) is 27.3. The molecule has 3 aromatic carbocycles. The highest BCUT2D eigenvalue weighted by Crippen LogP contribution is 2.20. The lowest BCUT2D eigenvalue weighted by atomic mass is 9.98. The molecule has 224 valence electrons. The molecular formula is C33H39F2N3O4. The number of likely N-dealkylation sites (tertiary alicyclic amines) is 1. The molecule has 2 amide bonds. The minimum atomic E-state index is -1.11. The Morgan fingerprint density at radius 2 is 1.74 bits per heavy atom. The fraction of sp³-hybridized carbons (Fsp3) is 0.394. The van der Waals surface area contributed by atoms with Crippen LogP contribution in [0.25, 0.3) is 0 Å². The van der Waals surface area contributed by atoms with Crippen molar-refractivity contribution in [3.05, 3.63) is 106 Å². The van der Waals surface area contributed by atoms with E-state index in [-0.39, 0.29) is 42.1 Å². The maximum absolute atomic E-state index is 14.0. The Kier molecular flexibility index (Phi) is 10.8.